The average Bonchev–Trinajstić information content (AvgIpc) is 2.52. The van der Waals surface area contributed by atoms with Gasteiger partial charge in [0.05, 0.1) is 0 Å². The molecule has 3 unspecified atom stereocenters. The molecule has 23 heavy (non-hydrogen) atoms. The predicted octanol–water partition coefficient (Wildman–Crippen LogP) is 1.62. The lowest BCUT2D eigenvalue weighted by molar-refractivity contribution is -0.126. The van der Waals surface area contributed by atoms with Gasteiger partial charge in [-0.1, -0.05) is 6.42 Å². The van der Waals surface area contributed by atoms with Crippen molar-refractivity contribution in [1.29, 1.82) is 0 Å². The van der Waals surface area contributed by atoms with Crippen molar-refractivity contribution in [3.63, 3.8) is 0 Å². The molecule has 1 amide bonds. The minimum atomic E-state index is -0.814. The summed E-state index contributed by atoms with van der Waals surface area (Å²) in [5, 5.41) is 12.6. The van der Waals surface area contributed by atoms with Gasteiger partial charge in [-0.15, -0.1) is 12.4 Å². The summed E-state index contributed by atoms with van der Waals surface area (Å²) in [5.74, 6) is 0.0147. The van der Waals surface area contributed by atoms with Crippen LogP contribution in [-0.4, -0.2) is 36.3 Å². The van der Waals surface area contributed by atoms with Crippen LogP contribution in [0.4, 0.5) is 4.39 Å². The summed E-state index contributed by atoms with van der Waals surface area (Å²) < 4.78 is 18.1. The first-order chi connectivity index (χ1) is 10.5. The maximum absolute atomic E-state index is 12.7. The average molecular weight is 347 g/mol. The number of halogens is 2. The van der Waals surface area contributed by atoms with Gasteiger partial charge in [-0.25, -0.2) is 4.39 Å². The lowest BCUT2D eigenvalue weighted by Gasteiger charge is -2.26. The summed E-state index contributed by atoms with van der Waals surface area (Å²) >= 11 is 0. The largest absolute Gasteiger partial charge is 0.491 e. The number of hydrogen-bond acceptors (Lipinski definition) is 4. The van der Waals surface area contributed by atoms with E-state index in [9.17, 15) is 14.3 Å². The minimum Gasteiger partial charge on any atom is -0.491 e. The third-order valence-corrected chi connectivity index (χ3v) is 3.85. The molecule has 1 aliphatic carbocycles. The molecule has 1 fully saturated rings. The number of benzene rings is 1. The van der Waals surface area contributed by atoms with Gasteiger partial charge in [-0.05, 0) is 43.5 Å². The van der Waals surface area contributed by atoms with Crippen LogP contribution in [0.25, 0.3) is 0 Å². The second-order valence-electron chi connectivity index (χ2n) is 5.79. The zero-order chi connectivity index (χ0) is 15.9. The van der Waals surface area contributed by atoms with Crippen LogP contribution < -0.4 is 15.8 Å². The third kappa shape index (κ3) is 6.72. The fourth-order valence-corrected chi connectivity index (χ4v) is 2.61. The maximum atomic E-state index is 12.7. The van der Waals surface area contributed by atoms with Crippen LogP contribution in [0.15, 0.2) is 24.3 Å². The van der Waals surface area contributed by atoms with E-state index in [-0.39, 0.29) is 49.2 Å². The van der Waals surface area contributed by atoms with Crippen LogP contribution in [0.3, 0.4) is 0 Å². The molecular weight excluding hydrogens is 323 g/mol. The number of hydrogen-bond donors (Lipinski definition) is 3. The Morgan fingerprint density at radius 1 is 1.39 bits per heavy atom. The van der Waals surface area contributed by atoms with E-state index in [0.717, 1.165) is 19.3 Å². The second-order valence-corrected chi connectivity index (χ2v) is 5.79. The Kier molecular flexibility index (Phi) is 8.30. The number of carbonyl (C=O) groups is 1. The number of nitrogens with two attached hydrogens (primary N) is 1. The Balaban J connectivity index is 0.00000264. The molecule has 0 bridgehead atoms. The number of aliphatic hydroxyl groups excluding tert-OH is 1. The number of rotatable bonds is 6. The van der Waals surface area contributed by atoms with E-state index in [4.69, 9.17) is 10.5 Å². The second kappa shape index (κ2) is 9.70. The van der Waals surface area contributed by atoms with E-state index < -0.39 is 6.10 Å². The van der Waals surface area contributed by atoms with E-state index in [1.807, 2.05) is 0 Å². The molecule has 1 aromatic carbocycles. The SMILES string of the molecule is Cl.NC1CCCC(C(=O)NCC(O)COc2ccc(F)cc2)C1. The summed E-state index contributed by atoms with van der Waals surface area (Å²) in [5.41, 5.74) is 5.87. The van der Waals surface area contributed by atoms with Gasteiger partial charge in [0.15, 0.2) is 0 Å². The van der Waals surface area contributed by atoms with Crippen LogP contribution in [0.2, 0.25) is 0 Å². The molecule has 1 saturated carbocycles. The molecular formula is C16H24ClFN2O3. The van der Waals surface area contributed by atoms with Gasteiger partial charge in [0, 0.05) is 18.5 Å². The van der Waals surface area contributed by atoms with Crippen molar-refractivity contribution in [3.05, 3.63) is 30.1 Å². The fraction of sp³-hybridized carbons (Fsp3) is 0.562. The highest BCUT2D eigenvalue weighted by molar-refractivity contribution is 5.85. The Morgan fingerprint density at radius 3 is 2.74 bits per heavy atom. The van der Waals surface area contributed by atoms with Gasteiger partial charge < -0.3 is 20.9 Å². The van der Waals surface area contributed by atoms with Crippen LogP contribution in [-0.2, 0) is 4.79 Å². The van der Waals surface area contributed by atoms with Crippen molar-refractivity contribution >= 4 is 18.3 Å². The predicted molar refractivity (Wildman–Crippen MR) is 88.1 cm³/mol. The molecule has 0 spiro atoms. The Morgan fingerprint density at radius 2 is 2.09 bits per heavy atom. The molecule has 0 aromatic heterocycles. The van der Waals surface area contributed by atoms with Crippen LogP contribution in [0, 0.1) is 11.7 Å². The lowest BCUT2D eigenvalue weighted by atomic mass is 9.85. The number of aliphatic hydroxyl groups is 1. The van der Waals surface area contributed by atoms with Gasteiger partial charge in [-0.2, -0.15) is 0 Å². The highest BCUT2D eigenvalue weighted by Gasteiger charge is 2.25. The highest BCUT2D eigenvalue weighted by Crippen LogP contribution is 2.23. The van der Waals surface area contributed by atoms with Crippen LogP contribution in [0.5, 0.6) is 5.75 Å². The smallest absolute Gasteiger partial charge is 0.223 e. The molecule has 1 aromatic rings. The molecule has 0 heterocycles. The molecule has 2 rings (SSSR count). The molecule has 1 aliphatic rings. The van der Waals surface area contributed by atoms with E-state index >= 15 is 0 Å². The molecule has 0 aliphatic heterocycles. The van der Waals surface area contributed by atoms with Crippen molar-refractivity contribution in [2.45, 2.75) is 37.8 Å². The third-order valence-electron chi connectivity index (χ3n) is 3.85. The van der Waals surface area contributed by atoms with Crippen molar-refractivity contribution in [3.8, 4) is 5.75 Å². The van der Waals surface area contributed by atoms with Crippen LogP contribution >= 0.6 is 12.4 Å². The van der Waals surface area contributed by atoms with Crippen molar-refractivity contribution in [1.82, 2.24) is 5.32 Å². The first-order valence-corrected chi connectivity index (χ1v) is 7.64. The number of nitrogens with one attached hydrogen (secondary N) is 1. The summed E-state index contributed by atoms with van der Waals surface area (Å²) in [6, 6.07) is 5.65. The monoisotopic (exact) mass is 346 g/mol. The highest BCUT2D eigenvalue weighted by atomic mass is 35.5. The minimum absolute atomic E-state index is 0. The maximum Gasteiger partial charge on any atom is 0.223 e. The fourth-order valence-electron chi connectivity index (χ4n) is 2.61. The quantitative estimate of drug-likeness (QED) is 0.730. The van der Waals surface area contributed by atoms with Crippen molar-refractivity contribution in [2.75, 3.05) is 13.2 Å². The summed E-state index contributed by atoms with van der Waals surface area (Å²) in [6.45, 7) is 0.169. The number of amides is 1. The van der Waals surface area contributed by atoms with Gasteiger partial charge >= 0.3 is 0 Å². The first kappa shape index (κ1) is 19.7. The molecule has 130 valence electrons. The zero-order valence-corrected chi connectivity index (χ0v) is 13.7. The van der Waals surface area contributed by atoms with Gasteiger partial charge in [0.25, 0.3) is 0 Å². The Labute approximate surface area is 141 Å². The number of ether oxygens (including phenoxy) is 1. The lowest BCUT2D eigenvalue weighted by Crippen LogP contribution is -2.41. The number of carbonyl (C=O) groups excluding carboxylic acids is 1. The molecule has 4 N–H and O–H groups in total. The van der Waals surface area contributed by atoms with E-state index in [2.05, 4.69) is 5.32 Å². The molecule has 3 atom stereocenters. The zero-order valence-electron chi connectivity index (χ0n) is 12.9. The first-order valence-electron chi connectivity index (χ1n) is 7.64. The van der Waals surface area contributed by atoms with E-state index in [1.165, 1.54) is 24.3 Å². The summed E-state index contributed by atoms with van der Waals surface area (Å²) in [7, 11) is 0. The molecule has 0 radical (unpaired) electrons. The van der Waals surface area contributed by atoms with Crippen molar-refractivity contribution in [2.24, 2.45) is 11.7 Å². The molecule has 5 nitrogen and oxygen atoms in total. The van der Waals surface area contributed by atoms with Crippen molar-refractivity contribution < 1.29 is 19.0 Å². The Bertz CT molecular complexity index is 487. The van der Waals surface area contributed by atoms with Gasteiger partial charge in [0.2, 0.25) is 5.91 Å². The van der Waals surface area contributed by atoms with Crippen LogP contribution in [0.1, 0.15) is 25.7 Å². The summed E-state index contributed by atoms with van der Waals surface area (Å²) in [4.78, 5) is 12.0. The molecule has 7 heteroatoms. The van der Waals surface area contributed by atoms with Gasteiger partial charge in [0.1, 0.15) is 24.3 Å². The molecule has 0 saturated heterocycles. The Hall–Kier alpha value is -1.37. The van der Waals surface area contributed by atoms with E-state index in [0.29, 0.717) is 12.2 Å². The summed E-state index contributed by atoms with van der Waals surface area (Å²) in [6.07, 6.45) is 2.68. The van der Waals surface area contributed by atoms with Gasteiger partial charge in [-0.3, -0.25) is 4.79 Å². The normalized spacial score (nSPS) is 21.9. The standard InChI is InChI=1S/C16H23FN2O3.ClH/c17-12-4-6-15(7-5-12)22-10-14(20)9-19-16(21)11-2-1-3-13(18)8-11;/h4-7,11,13-14,20H,1-3,8-10,18H2,(H,19,21);1H. The topological polar surface area (TPSA) is 84.6 Å². The van der Waals surface area contributed by atoms with E-state index in [1.54, 1.807) is 0 Å².